The predicted octanol–water partition coefficient (Wildman–Crippen LogP) is 2.00. The van der Waals surface area contributed by atoms with E-state index in [2.05, 4.69) is 9.97 Å². The molecule has 0 spiro atoms. The average molecular weight is 249 g/mol. The highest BCUT2D eigenvalue weighted by atomic mass is 16.5. The predicted molar refractivity (Wildman–Crippen MR) is 70.7 cm³/mol. The van der Waals surface area contributed by atoms with Crippen LogP contribution in [0.2, 0.25) is 0 Å². The summed E-state index contributed by atoms with van der Waals surface area (Å²) in [6.45, 7) is 0.724. The van der Waals surface area contributed by atoms with Gasteiger partial charge in [-0.25, -0.2) is 4.98 Å². The van der Waals surface area contributed by atoms with Gasteiger partial charge < -0.3 is 20.2 Å². The normalized spacial score (nSPS) is 12.8. The molecule has 0 saturated carbocycles. The maximum absolute atomic E-state index is 6.09. The number of ether oxygens (including phenoxy) is 2. The molecule has 18 heavy (non-hydrogen) atoms. The van der Waals surface area contributed by atoms with Crippen LogP contribution in [0.5, 0.6) is 5.75 Å². The van der Waals surface area contributed by atoms with Crippen LogP contribution in [0.1, 0.15) is 24.7 Å². The first-order valence-electron chi connectivity index (χ1n) is 6.02. The molecule has 98 valence electrons. The summed E-state index contributed by atoms with van der Waals surface area (Å²) in [7, 11) is 3.34. The van der Waals surface area contributed by atoms with E-state index in [9.17, 15) is 0 Å². The van der Waals surface area contributed by atoms with Gasteiger partial charge >= 0.3 is 0 Å². The topological polar surface area (TPSA) is 73.2 Å². The molecule has 5 heteroatoms. The summed E-state index contributed by atoms with van der Waals surface area (Å²) in [6.07, 6.45) is 1.78. The molecule has 2 aromatic rings. The largest absolute Gasteiger partial charge is 0.497 e. The van der Waals surface area contributed by atoms with Crippen molar-refractivity contribution in [3.8, 4) is 5.75 Å². The van der Waals surface area contributed by atoms with Crippen molar-refractivity contribution in [2.75, 3.05) is 20.8 Å². The van der Waals surface area contributed by atoms with Gasteiger partial charge in [0.15, 0.2) is 0 Å². The third-order valence-corrected chi connectivity index (χ3v) is 2.92. The second-order valence-electron chi connectivity index (χ2n) is 4.25. The highest BCUT2D eigenvalue weighted by Crippen LogP contribution is 2.21. The van der Waals surface area contributed by atoms with E-state index in [1.54, 1.807) is 14.2 Å². The lowest BCUT2D eigenvalue weighted by atomic mass is 10.1. The summed E-state index contributed by atoms with van der Waals surface area (Å²) in [5, 5.41) is 0. The van der Waals surface area contributed by atoms with Crippen LogP contribution in [0.25, 0.3) is 11.0 Å². The van der Waals surface area contributed by atoms with Crippen LogP contribution in [0.15, 0.2) is 18.2 Å². The van der Waals surface area contributed by atoms with E-state index in [1.807, 2.05) is 18.2 Å². The minimum atomic E-state index is -0.0847. The zero-order valence-electron chi connectivity index (χ0n) is 10.8. The van der Waals surface area contributed by atoms with Crippen molar-refractivity contribution in [1.29, 1.82) is 0 Å². The number of hydrogen-bond acceptors (Lipinski definition) is 4. The van der Waals surface area contributed by atoms with Crippen LogP contribution in [-0.4, -0.2) is 30.8 Å². The van der Waals surface area contributed by atoms with Gasteiger partial charge in [0.25, 0.3) is 0 Å². The zero-order valence-corrected chi connectivity index (χ0v) is 10.8. The molecule has 1 heterocycles. The van der Waals surface area contributed by atoms with Crippen molar-refractivity contribution in [2.45, 2.75) is 18.9 Å². The Kier molecular flexibility index (Phi) is 4.17. The van der Waals surface area contributed by atoms with Gasteiger partial charge in [-0.05, 0) is 25.0 Å². The molecule has 0 amide bonds. The van der Waals surface area contributed by atoms with Gasteiger partial charge in [0, 0.05) is 19.8 Å². The minimum absolute atomic E-state index is 0.0847. The van der Waals surface area contributed by atoms with E-state index in [4.69, 9.17) is 15.2 Å². The van der Waals surface area contributed by atoms with Crippen molar-refractivity contribution in [3.05, 3.63) is 24.0 Å². The number of imidazole rings is 1. The maximum Gasteiger partial charge on any atom is 0.124 e. The number of nitrogens with two attached hydrogens (primary N) is 1. The second kappa shape index (κ2) is 5.84. The van der Waals surface area contributed by atoms with E-state index in [0.29, 0.717) is 0 Å². The van der Waals surface area contributed by atoms with Gasteiger partial charge in [0.1, 0.15) is 11.6 Å². The lowest BCUT2D eigenvalue weighted by molar-refractivity contribution is 0.190. The molecule has 0 bridgehead atoms. The van der Waals surface area contributed by atoms with Gasteiger partial charge in [-0.2, -0.15) is 0 Å². The molecule has 3 N–H and O–H groups in total. The molecule has 1 aromatic carbocycles. The lowest BCUT2D eigenvalue weighted by Crippen LogP contribution is -2.12. The number of H-pyrrole nitrogens is 1. The van der Waals surface area contributed by atoms with Gasteiger partial charge in [0.2, 0.25) is 0 Å². The molecule has 0 radical (unpaired) electrons. The smallest absolute Gasteiger partial charge is 0.124 e. The van der Waals surface area contributed by atoms with E-state index in [0.717, 1.165) is 42.1 Å². The molecule has 1 unspecified atom stereocenters. The molecule has 0 fully saturated rings. The van der Waals surface area contributed by atoms with E-state index >= 15 is 0 Å². The number of nitrogens with zero attached hydrogens (tertiary/aromatic N) is 1. The molecule has 0 aliphatic carbocycles. The Bertz CT molecular complexity index is 510. The SMILES string of the molecule is COCCCC(N)c1nc2ccc(OC)cc2[nH]1. The number of aromatic nitrogens is 2. The maximum atomic E-state index is 6.09. The quantitative estimate of drug-likeness (QED) is 0.768. The van der Waals surface area contributed by atoms with Crippen LogP contribution in [0.3, 0.4) is 0 Å². The van der Waals surface area contributed by atoms with Gasteiger partial charge in [-0.3, -0.25) is 0 Å². The number of hydrogen-bond donors (Lipinski definition) is 2. The van der Waals surface area contributed by atoms with Crippen molar-refractivity contribution >= 4 is 11.0 Å². The van der Waals surface area contributed by atoms with Crippen LogP contribution in [0, 0.1) is 0 Å². The summed E-state index contributed by atoms with van der Waals surface area (Å²) in [6, 6.07) is 5.66. The molecule has 0 aliphatic rings. The molecule has 1 aromatic heterocycles. The van der Waals surface area contributed by atoms with Crippen LogP contribution < -0.4 is 10.5 Å². The van der Waals surface area contributed by atoms with E-state index < -0.39 is 0 Å². The van der Waals surface area contributed by atoms with Crippen molar-refractivity contribution in [3.63, 3.8) is 0 Å². The molecule has 2 rings (SSSR count). The highest BCUT2D eigenvalue weighted by Gasteiger charge is 2.11. The Labute approximate surface area is 106 Å². The Morgan fingerprint density at radius 2 is 2.22 bits per heavy atom. The molecular formula is C13H19N3O2. The van der Waals surface area contributed by atoms with Crippen molar-refractivity contribution in [1.82, 2.24) is 9.97 Å². The Morgan fingerprint density at radius 3 is 2.94 bits per heavy atom. The Balaban J connectivity index is 2.13. The summed E-state index contributed by atoms with van der Waals surface area (Å²) in [5.74, 6) is 1.63. The monoisotopic (exact) mass is 249 g/mol. The fraction of sp³-hybridized carbons (Fsp3) is 0.462. The summed E-state index contributed by atoms with van der Waals surface area (Å²) < 4.78 is 10.2. The standard InChI is InChI=1S/C13H19N3O2/c1-17-7-3-4-10(14)13-15-11-6-5-9(18-2)8-12(11)16-13/h5-6,8,10H,3-4,7,14H2,1-2H3,(H,15,16). The number of fused-ring (bicyclic) bond motifs is 1. The first-order chi connectivity index (χ1) is 8.74. The minimum Gasteiger partial charge on any atom is -0.497 e. The van der Waals surface area contributed by atoms with Crippen LogP contribution >= 0.6 is 0 Å². The summed E-state index contributed by atoms with van der Waals surface area (Å²) >= 11 is 0. The number of methoxy groups -OCH3 is 2. The fourth-order valence-corrected chi connectivity index (χ4v) is 1.90. The Morgan fingerprint density at radius 1 is 1.39 bits per heavy atom. The molecule has 0 saturated heterocycles. The average Bonchev–Trinajstić information content (AvgIpc) is 2.81. The van der Waals surface area contributed by atoms with Gasteiger partial charge in [-0.15, -0.1) is 0 Å². The van der Waals surface area contributed by atoms with Gasteiger partial charge in [-0.1, -0.05) is 0 Å². The molecule has 0 aliphatic heterocycles. The van der Waals surface area contributed by atoms with Crippen molar-refractivity contribution < 1.29 is 9.47 Å². The summed E-state index contributed by atoms with van der Waals surface area (Å²) in [4.78, 5) is 7.73. The van der Waals surface area contributed by atoms with Gasteiger partial charge in [0.05, 0.1) is 24.2 Å². The molecular weight excluding hydrogens is 230 g/mol. The Hall–Kier alpha value is -1.59. The highest BCUT2D eigenvalue weighted by molar-refractivity contribution is 5.76. The molecule has 1 atom stereocenters. The molecule has 5 nitrogen and oxygen atoms in total. The number of nitrogens with one attached hydrogen (secondary N) is 1. The van der Waals surface area contributed by atoms with Crippen molar-refractivity contribution in [2.24, 2.45) is 5.73 Å². The summed E-state index contributed by atoms with van der Waals surface area (Å²) in [5.41, 5.74) is 7.95. The first kappa shape index (κ1) is 12.9. The third kappa shape index (κ3) is 2.80. The number of aromatic amines is 1. The van der Waals surface area contributed by atoms with E-state index in [1.165, 1.54) is 0 Å². The van der Waals surface area contributed by atoms with Crippen LogP contribution in [0.4, 0.5) is 0 Å². The second-order valence-corrected chi connectivity index (χ2v) is 4.25. The fourth-order valence-electron chi connectivity index (χ4n) is 1.90. The zero-order chi connectivity index (χ0) is 13.0. The van der Waals surface area contributed by atoms with Crippen LogP contribution in [-0.2, 0) is 4.74 Å². The van der Waals surface area contributed by atoms with E-state index in [-0.39, 0.29) is 6.04 Å². The number of rotatable bonds is 6. The first-order valence-corrected chi connectivity index (χ1v) is 6.02. The lowest BCUT2D eigenvalue weighted by Gasteiger charge is -2.07. The number of benzene rings is 1. The third-order valence-electron chi connectivity index (χ3n) is 2.92.